The first kappa shape index (κ1) is 45.1. The summed E-state index contributed by atoms with van der Waals surface area (Å²) in [6, 6.07) is 26.8. The Morgan fingerprint density at radius 1 is 0.651 bits per heavy atom. The first-order valence-electron chi connectivity index (χ1n) is 20.8. The normalized spacial score (nSPS) is 17.1. The van der Waals surface area contributed by atoms with Crippen LogP contribution < -0.4 is 20.1 Å². The van der Waals surface area contributed by atoms with E-state index >= 15 is 0 Å². The van der Waals surface area contributed by atoms with Crippen molar-refractivity contribution in [3.05, 3.63) is 113 Å². The van der Waals surface area contributed by atoms with Gasteiger partial charge in [0.25, 0.3) is 11.8 Å². The molecule has 2 aliphatic heterocycles. The molecule has 0 spiro atoms. The minimum Gasteiger partial charge on any atom is -0.479 e. The molecule has 0 bridgehead atoms. The van der Waals surface area contributed by atoms with E-state index in [4.69, 9.17) is 37.1 Å². The number of likely N-dealkylation sites (N-methyl/N-ethyl adjacent to an activating group) is 2. The van der Waals surface area contributed by atoms with Gasteiger partial charge < -0.3 is 44.1 Å². The van der Waals surface area contributed by atoms with Gasteiger partial charge in [0.05, 0.1) is 6.20 Å². The molecule has 5 aromatic rings. The topological polar surface area (TPSA) is 150 Å². The van der Waals surface area contributed by atoms with E-state index in [1.165, 1.54) is 0 Å². The number of amides is 4. The zero-order valence-corrected chi connectivity index (χ0v) is 37.1. The summed E-state index contributed by atoms with van der Waals surface area (Å²) in [4.78, 5) is 66.1. The Morgan fingerprint density at radius 3 is 1.48 bits per heavy atom. The second-order valence-electron chi connectivity index (χ2n) is 16.2. The molecule has 16 heteroatoms. The fraction of sp³-hybridized carbons (Fsp3) is 0.340. The number of anilines is 2. The van der Waals surface area contributed by atoms with E-state index in [1.54, 1.807) is 101 Å². The van der Waals surface area contributed by atoms with Crippen molar-refractivity contribution in [2.75, 3.05) is 65.0 Å². The van der Waals surface area contributed by atoms with Crippen LogP contribution in [0.15, 0.2) is 108 Å². The molecule has 4 atom stereocenters. The first-order valence-corrected chi connectivity index (χ1v) is 21.6. The number of benzene rings is 4. The number of halogens is 2. The molecule has 2 aliphatic rings. The summed E-state index contributed by atoms with van der Waals surface area (Å²) in [5.74, 6) is 0.917. The van der Waals surface area contributed by atoms with Crippen LogP contribution in [-0.2, 0) is 19.2 Å². The van der Waals surface area contributed by atoms with E-state index in [2.05, 4.69) is 15.6 Å². The summed E-state index contributed by atoms with van der Waals surface area (Å²) in [5, 5.41) is 7.08. The number of rotatable bonds is 16. The highest BCUT2D eigenvalue weighted by molar-refractivity contribution is 6.30. The van der Waals surface area contributed by atoms with E-state index in [0.717, 1.165) is 5.56 Å². The quantitative estimate of drug-likeness (QED) is 0.104. The molecule has 4 aromatic carbocycles. The molecule has 2 fully saturated rings. The monoisotopic (exact) mass is 895 g/mol. The third-order valence-electron chi connectivity index (χ3n) is 10.8. The van der Waals surface area contributed by atoms with Gasteiger partial charge in [-0.25, -0.2) is 4.98 Å². The third kappa shape index (κ3) is 11.6. The summed E-state index contributed by atoms with van der Waals surface area (Å²) >= 11 is 12.1. The molecule has 63 heavy (non-hydrogen) atoms. The lowest BCUT2D eigenvalue weighted by molar-refractivity contribution is -0.143. The molecule has 2 N–H and O–H groups in total. The van der Waals surface area contributed by atoms with Crippen LogP contribution in [0.5, 0.6) is 11.5 Å². The molecule has 0 aliphatic carbocycles. The zero-order chi connectivity index (χ0) is 44.6. The van der Waals surface area contributed by atoms with Gasteiger partial charge in [0.1, 0.15) is 23.6 Å². The molecule has 4 amide bonds. The van der Waals surface area contributed by atoms with Crippen molar-refractivity contribution < 1.29 is 33.1 Å². The van der Waals surface area contributed by atoms with Crippen LogP contribution in [0.1, 0.15) is 25.7 Å². The van der Waals surface area contributed by atoms with E-state index in [0.29, 0.717) is 102 Å². The Bertz CT molecular complexity index is 2190. The number of ether oxygens (including phenoxy) is 2. The van der Waals surface area contributed by atoms with E-state index in [9.17, 15) is 19.2 Å². The van der Waals surface area contributed by atoms with Gasteiger partial charge in [-0.1, -0.05) is 23.2 Å². The van der Waals surface area contributed by atoms with Gasteiger partial charge in [-0.15, -0.1) is 0 Å². The van der Waals surface area contributed by atoms with Crippen molar-refractivity contribution in [3.8, 4) is 34.3 Å². The van der Waals surface area contributed by atoms with Gasteiger partial charge in [0, 0.05) is 58.7 Å². The third-order valence-corrected chi connectivity index (χ3v) is 11.3. The fourth-order valence-electron chi connectivity index (χ4n) is 7.73. The van der Waals surface area contributed by atoms with E-state index < -0.39 is 24.3 Å². The predicted octanol–water partition coefficient (Wildman–Crippen LogP) is 7.19. The molecule has 3 heterocycles. The van der Waals surface area contributed by atoms with Crippen molar-refractivity contribution in [2.45, 2.75) is 50.0 Å². The number of oxazole rings is 1. The Morgan fingerprint density at radius 2 is 1.06 bits per heavy atom. The van der Waals surface area contributed by atoms with Crippen LogP contribution in [0.25, 0.3) is 22.8 Å². The van der Waals surface area contributed by atoms with Gasteiger partial charge in [-0.05, 0) is 151 Å². The van der Waals surface area contributed by atoms with Crippen LogP contribution in [0, 0.1) is 0 Å². The molecule has 14 nitrogen and oxygen atoms in total. The van der Waals surface area contributed by atoms with Crippen molar-refractivity contribution in [2.24, 2.45) is 0 Å². The SMILES string of the molecule is CN(C)CC(Oc1ccc(Cl)cc1)C(=O)N1CCC[C@H]1C(=O)Nc1ccc(-c2cnc(-c3ccc(NC(=O)[C@@H]4CCCN4C(=O)C(CN(C)C)Oc4ccc(Cl)cc4)cc3)o2)cc1. The largest absolute Gasteiger partial charge is 0.479 e. The number of carbonyl (C=O) groups is 4. The number of nitrogens with one attached hydrogen (secondary N) is 2. The highest BCUT2D eigenvalue weighted by atomic mass is 35.5. The Balaban J connectivity index is 0.935. The Kier molecular flexibility index (Phi) is 14.7. The minimum atomic E-state index is -0.806. The molecule has 1 aromatic heterocycles. The summed E-state index contributed by atoms with van der Waals surface area (Å²) in [5.41, 5.74) is 2.60. The fourth-order valence-corrected chi connectivity index (χ4v) is 7.98. The standard InChI is InChI=1S/C47H51Cl2N7O7/c1-53(2)28-41(61-36-21-13-32(48)14-22-36)46(59)55-25-5-7-38(55)43(57)51-34-17-9-30(10-18-34)40-27-50-45(63-40)31-11-19-35(20-12-31)52-44(58)39-8-6-26-56(39)47(60)42(29-54(3)4)62-37-23-15-33(49)16-24-37/h9-24,27,38-39,41-42H,5-8,25-26,28-29H2,1-4H3,(H,51,57)(H,52,58)/t38-,39-,41?,42?/m0/s1. The van der Waals surface area contributed by atoms with E-state index in [1.807, 2.05) is 50.1 Å². The Labute approximate surface area is 377 Å². The molecule has 2 unspecified atom stereocenters. The van der Waals surface area contributed by atoms with Crippen LogP contribution in [0.2, 0.25) is 10.0 Å². The van der Waals surface area contributed by atoms with Gasteiger partial charge >= 0.3 is 0 Å². The number of carbonyl (C=O) groups excluding carboxylic acids is 4. The maximum Gasteiger partial charge on any atom is 0.265 e. The van der Waals surface area contributed by atoms with Crippen molar-refractivity contribution in [3.63, 3.8) is 0 Å². The highest BCUT2D eigenvalue weighted by Gasteiger charge is 2.40. The highest BCUT2D eigenvalue weighted by Crippen LogP contribution is 2.30. The van der Waals surface area contributed by atoms with Gasteiger partial charge in [-0.3, -0.25) is 19.2 Å². The summed E-state index contributed by atoms with van der Waals surface area (Å²) in [6.45, 7) is 1.59. The lowest BCUT2D eigenvalue weighted by Crippen LogP contribution is -2.51. The molecule has 0 radical (unpaired) electrons. The van der Waals surface area contributed by atoms with Gasteiger partial charge in [0.2, 0.25) is 17.7 Å². The average molecular weight is 897 g/mol. The Hall–Kier alpha value is -5.93. The minimum absolute atomic E-state index is 0.247. The smallest absolute Gasteiger partial charge is 0.265 e. The molecule has 0 saturated carbocycles. The lowest BCUT2D eigenvalue weighted by Gasteiger charge is -2.29. The first-order chi connectivity index (χ1) is 30.3. The summed E-state index contributed by atoms with van der Waals surface area (Å²) in [6.07, 6.45) is 2.50. The number of hydrogen-bond acceptors (Lipinski definition) is 10. The number of likely N-dealkylation sites (tertiary alicyclic amines) is 2. The number of aromatic nitrogens is 1. The molecule has 330 valence electrons. The van der Waals surface area contributed by atoms with Crippen LogP contribution >= 0.6 is 23.2 Å². The second kappa shape index (κ2) is 20.5. The lowest BCUT2D eigenvalue weighted by atomic mass is 10.1. The maximum absolute atomic E-state index is 13.8. The van der Waals surface area contributed by atoms with Crippen LogP contribution in [0.4, 0.5) is 11.4 Å². The average Bonchev–Trinajstić information content (AvgIpc) is 4.07. The predicted molar refractivity (Wildman–Crippen MR) is 243 cm³/mol. The number of nitrogens with zero attached hydrogens (tertiary/aromatic N) is 5. The molecular formula is C47H51Cl2N7O7. The van der Waals surface area contributed by atoms with Crippen molar-refractivity contribution >= 4 is 58.2 Å². The summed E-state index contributed by atoms with van der Waals surface area (Å²) < 4.78 is 18.3. The van der Waals surface area contributed by atoms with E-state index in [-0.39, 0.29) is 23.6 Å². The second-order valence-corrected chi connectivity index (χ2v) is 17.1. The summed E-state index contributed by atoms with van der Waals surface area (Å²) in [7, 11) is 7.46. The van der Waals surface area contributed by atoms with Crippen LogP contribution in [-0.4, -0.2) is 127 Å². The van der Waals surface area contributed by atoms with Crippen molar-refractivity contribution in [1.29, 1.82) is 0 Å². The zero-order valence-electron chi connectivity index (χ0n) is 35.6. The molecule has 2 saturated heterocycles. The molecule has 7 rings (SSSR count). The molecular weight excluding hydrogens is 845 g/mol. The van der Waals surface area contributed by atoms with Gasteiger partial charge in [-0.2, -0.15) is 0 Å². The maximum atomic E-state index is 13.8. The van der Waals surface area contributed by atoms with Gasteiger partial charge in [0.15, 0.2) is 18.0 Å². The van der Waals surface area contributed by atoms with Crippen LogP contribution in [0.3, 0.4) is 0 Å². The van der Waals surface area contributed by atoms with Crippen molar-refractivity contribution in [1.82, 2.24) is 24.6 Å². The number of hydrogen-bond donors (Lipinski definition) is 2.